The van der Waals surface area contributed by atoms with Crippen molar-refractivity contribution < 1.29 is 19.5 Å². The van der Waals surface area contributed by atoms with Crippen LogP contribution in [0.25, 0.3) is 0 Å². The molecule has 0 aromatic rings. The third kappa shape index (κ3) is 3.05. The lowest BCUT2D eigenvalue weighted by molar-refractivity contribution is -0.140. The van der Waals surface area contributed by atoms with Gasteiger partial charge in [-0.05, 0) is 18.8 Å². The van der Waals surface area contributed by atoms with Crippen LogP contribution in [-0.4, -0.2) is 70.5 Å². The lowest BCUT2D eigenvalue weighted by Gasteiger charge is -2.38. The van der Waals surface area contributed by atoms with Crippen LogP contribution in [0.15, 0.2) is 0 Å². The summed E-state index contributed by atoms with van der Waals surface area (Å²) < 4.78 is -0.580. The van der Waals surface area contributed by atoms with Crippen molar-refractivity contribution in [3.05, 3.63) is 0 Å². The summed E-state index contributed by atoms with van der Waals surface area (Å²) >= 11 is 1.66. The second kappa shape index (κ2) is 7.99. The maximum Gasteiger partial charge on any atom is 0.244 e. The number of nitrogens with one attached hydrogen (secondary N) is 2. The molecule has 3 fully saturated rings. The predicted molar refractivity (Wildman–Crippen MR) is 104 cm³/mol. The fraction of sp³-hybridized carbons (Fsp3) is 0.842. The molecule has 3 saturated heterocycles. The Morgan fingerprint density at radius 3 is 2.70 bits per heavy atom. The number of carbonyl (C=O) groups excluding carboxylic acids is 3. The molecule has 3 rings (SSSR count). The Morgan fingerprint density at radius 1 is 1.33 bits per heavy atom. The highest BCUT2D eigenvalue weighted by Crippen LogP contribution is 2.68. The van der Waals surface area contributed by atoms with Gasteiger partial charge < -0.3 is 20.6 Å². The number of β-amino-alcohol motifs (C(OH)–C–C–N with tert-alkyl or cyclic N) is 1. The van der Waals surface area contributed by atoms with E-state index in [1.165, 1.54) is 4.90 Å². The fourth-order valence-electron chi connectivity index (χ4n) is 5.32. The van der Waals surface area contributed by atoms with Gasteiger partial charge in [0.05, 0.1) is 23.2 Å². The summed E-state index contributed by atoms with van der Waals surface area (Å²) in [6.07, 6.45) is 3.86. The fourth-order valence-corrected chi connectivity index (χ4v) is 7.74. The molecule has 3 unspecified atom stereocenters. The van der Waals surface area contributed by atoms with Crippen LogP contribution in [0.2, 0.25) is 0 Å². The molecule has 3 amide bonds. The Kier molecular flexibility index (Phi) is 6.05. The number of thioether (sulfide) groups is 1. The standard InChI is InChI=1S/C19H31N3O4S/c1-4-5-6-7-21-17(25)15-19-11(2)10-12(27-19)13(16(24)20-3)14(19)18(26)22(15)8-9-23/h11-15,23H,4-10H2,1-3H3,(H,20,24)(H,21,25)/t11?,12-,13+,14-,15?,19?/m0/s1. The van der Waals surface area contributed by atoms with Gasteiger partial charge in [0.15, 0.2) is 0 Å². The van der Waals surface area contributed by atoms with Crippen LogP contribution in [0.3, 0.4) is 0 Å². The van der Waals surface area contributed by atoms with Crippen LogP contribution in [-0.2, 0) is 14.4 Å². The van der Waals surface area contributed by atoms with Crippen LogP contribution in [0.5, 0.6) is 0 Å². The Bertz CT molecular complexity index is 616. The topological polar surface area (TPSA) is 98.7 Å². The van der Waals surface area contributed by atoms with Gasteiger partial charge in [0, 0.05) is 25.4 Å². The molecule has 0 aliphatic carbocycles. The summed E-state index contributed by atoms with van der Waals surface area (Å²) in [5, 5.41) is 15.3. The predicted octanol–water partition coefficient (Wildman–Crippen LogP) is 0.368. The average molecular weight is 398 g/mol. The highest BCUT2D eigenvalue weighted by Gasteiger charge is 2.75. The number of nitrogens with zero attached hydrogens (tertiary/aromatic N) is 1. The molecule has 8 heteroatoms. The minimum absolute atomic E-state index is 0.0700. The van der Waals surface area contributed by atoms with E-state index in [4.69, 9.17) is 0 Å². The maximum absolute atomic E-state index is 13.3. The molecule has 3 aliphatic heterocycles. The zero-order chi connectivity index (χ0) is 19.8. The number of carbonyl (C=O) groups is 3. The lowest BCUT2D eigenvalue weighted by atomic mass is 9.66. The summed E-state index contributed by atoms with van der Waals surface area (Å²) in [6, 6.07) is -0.622. The summed E-state index contributed by atoms with van der Waals surface area (Å²) in [4.78, 5) is 40.5. The van der Waals surface area contributed by atoms with E-state index in [2.05, 4.69) is 24.5 Å². The number of amides is 3. The molecule has 27 heavy (non-hydrogen) atoms. The van der Waals surface area contributed by atoms with Gasteiger partial charge in [-0.2, -0.15) is 0 Å². The number of aliphatic hydroxyl groups excluding tert-OH is 1. The van der Waals surface area contributed by atoms with Gasteiger partial charge in [-0.25, -0.2) is 0 Å². The SMILES string of the molecule is CCCCCNC(=O)C1N(CCO)C(=O)[C@@H]2[C@H](C(=O)NC)[C@@H]3CC(C)C12S3. The molecular weight excluding hydrogens is 366 g/mol. The van der Waals surface area contributed by atoms with E-state index in [0.717, 1.165) is 25.7 Å². The quantitative estimate of drug-likeness (QED) is 0.514. The minimum Gasteiger partial charge on any atom is -0.395 e. The van der Waals surface area contributed by atoms with Gasteiger partial charge in [0.2, 0.25) is 17.7 Å². The molecule has 3 heterocycles. The number of unbranched alkanes of at least 4 members (excludes halogenated alkanes) is 2. The summed E-state index contributed by atoms with van der Waals surface area (Å²) in [5.74, 6) is -1.15. The molecule has 2 bridgehead atoms. The van der Waals surface area contributed by atoms with Gasteiger partial charge >= 0.3 is 0 Å². The largest absolute Gasteiger partial charge is 0.395 e. The molecule has 0 saturated carbocycles. The highest BCUT2D eigenvalue weighted by atomic mass is 32.2. The monoisotopic (exact) mass is 397 g/mol. The molecule has 3 aliphatic rings. The van der Waals surface area contributed by atoms with Gasteiger partial charge in [-0.1, -0.05) is 26.7 Å². The van der Waals surface area contributed by atoms with E-state index in [-0.39, 0.29) is 42.0 Å². The zero-order valence-electron chi connectivity index (χ0n) is 16.4. The van der Waals surface area contributed by atoms with Crippen molar-refractivity contribution in [3.63, 3.8) is 0 Å². The number of fused-ring (bicyclic) bond motifs is 1. The van der Waals surface area contributed by atoms with Crippen molar-refractivity contribution in [1.29, 1.82) is 0 Å². The van der Waals surface area contributed by atoms with Crippen LogP contribution in [0, 0.1) is 17.8 Å². The molecule has 0 aromatic heterocycles. The molecule has 1 spiro atoms. The minimum atomic E-state index is -0.622. The first-order chi connectivity index (χ1) is 12.9. The Hall–Kier alpha value is -1.28. The van der Waals surface area contributed by atoms with E-state index in [0.29, 0.717) is 6.54 Å². The van der Waals surface area contributed by atoms with E-state index < -0.39 is 22.6 Å². The average Bonchev–Trinajstić information content (AvgIpc) is 3.23. The van der Waals surface area contributed by atoms with Gasteiger partial charge in [0.25, 0.3) is 0 Å². The first-order valence-corrected chi connectivity index (χ1v) is 10.9. The third-order valence-corrected chi connectivity index (χ3v) is 8.54. The Morgan fingerprint density at radius 2 is 2.07 bits per heavy atom. The van der Waals surface area contributed by atoms with Gasteiger partial charge in [0.1, 0.15) is 6.04 Å². The summed E-state index contributed by atoms with van der Waals surface area (Å²) in [6.45, 7) is 4.72. The van der Waals surface area contributed by atoms with Crippen LogP contribution in [0.4, 0.5) is 0 Å². The first kappa shape index (κ1) is 20.5. The van der Waals surface area contributed by atoms with Crippen molar-refractivity contribution in [2.45, 2.75) is 55.6 Å². The summed E-state index contributed by atoms with van der Waals surface area (Å²) in [5.41, 5.74) is 0. The molecule has 6 atom stereocenters. The zero-order valence-corrected chi connectivity index (χ0v) is 17.2. The summed E-state index contributed by atoms with van der Waals surface area (Å²) in [7, 11) is 1.60. The first-order valence-electron chi connectivity index (χ1n) is 10.0. The third-order valence-electron chi connectivity index (χ3n) is 6.46. The number of hydrogen-bond donors (Lipinski definition) is 3. The van der Waals surface area contributed by atoms with Crippen LogP contribution >= 0.6 is 11.8 Å². The van der Waals surface area contributed by atoms with Gasteiger partial charge in [-0.15, -0.1) is 11.8 Å². The van der Waals surface area contributed by atoms with E-state index in [1.54, 1.807) is 18.8 Å². The highest BCUT2D eigenvalue weighted by molar-refractivity contribution is 8.02. The van der Waals surface area contributed by atoms with Crippen molar-refractivity contribution in [1.82, 2.24) is 15.5 Å². The second-order valence-corrected chi connectivity index (χ2v) is 9.47. The number of hydrogen-bond acceptors (Lipinski definition) is 5. The molecule has 0 radical (unpaired) electrons. The van der Waals surface area contributed by atoms with Crippen molar-refractivity contribution in [2.75, 3.05) is 26.7 Å². The molecule has 7 nitrogen and oxygen atoms in total. The van der Waals surface area contributed by atoms with Crippen LogP contribution in [0.1, 0.15) is 39.5 Å². The Balaban J connectivity index is 1.92. The van der Waals surface area contributed by atoms with Crippen molar-refractivity contribution >= 4 is 29.5 Å². The number of likely N-dealkylation sites (tertiary alicyclic amines) is 1. The lowest BCUT2D eigenvalue weighted by Crippen LogP contribution is -2.56. The smallest absolute Gasteiger partial charge is 0.244 e. The number of aliphatic hydroxyl groups is 1. The molecule has 3 N–H and O–H groups in total. The van der Waals surface area contributed by atoms with Crippen molar-refractivity contribution in [3.8, 4) is 0 Å². The van der Waals surface area contributed by atoms with E-state index >= 15 is 0 Å². The number of rotatable bonds is 8. The van der Waals surface area contributed by atoms with Gasteiger partial charge in [-0.3, -0.25) is 14.4 Å². The van der Waals surface area contributed by atoms with Crippen LogP contribution < -0.4 is 10.6 Å². The Labute approximate surface area is 165 Å². The molecule has 152 valence electrons. The van der Waals surface area contributed by atoms with Crippen molar-refractivity contribution in [2.24, 2.45) is 17.8 Å². The molecule has 0 aromatic carbocycles. The second-order valence-electron chi connectivity index (χ2n) is 7.92. The van der Waals surface area contributed by atoms with E-state index in [1.807, 2.05) is 0 Å². The normalized spacial score (nSPS) is 36.8. The molecular formula is C19H31N3O4S. The maximum atomic E-state index is 13.3. The van der Waals surface area contributed by atoms with E-state index in [9.17, 15) is 19.5 Å².